The zero-order chi connectivity index (χ0) is 13.0. The summed E-state index contributed by atoms with van der Waals surface area (Å²) in [5.41, 5.74) is 1.25. The van der Waals surface area contributed by atoms with Gasteiger partial charge in [0.1, 0.15) is 5.82 Å². The van der Waals surface area contributed by atoms with E-state index in [4.69, 9.17) is 0 Å². The molecule has 1 saturated heterocycles. The number of hydrogen-bond donors (Lipinski definition) is 1. The molecule has 1 aliphatic rings. The van der Waals surface area contributed by atoms with E-state index in [-0.39, 0.29) is 0 Å². The number of rotatable bonds is 4. The van der Waals surface area contributed by atoms with Gasteiger partial charge < -0.3 is 15.1 Å². The van der Waals surface area contributed by atoms with Gasteiger partial charge in [-0.1, -0.05) is 0 Å². The molecule has 0 aliphatic carbocycles. The van der Waals surface area contributed by atoms with E-state index >= 15 is 0 Å². The summed E-state index contributed by atoms with van der Waals surface area (Å²) < 4.78 is 0. The van der Waals surface area contributed by atoms with E-state index in [0.29, 0.717) is 6.04 Å². The van der Waals surface area contributed by atoms with Gasteiger partial charge in [-0.25, -0.2) is 4.98 Å². The van der Waals surface area contributed by atoms with Crippen molar-refractivity contribution in [3.63, 3.8) is 0 Å². The number of anilines is 2. The molecule has 2 heterocycles. The number of nitrogens with zero attached hydrogens (tertiary/aromatic N) is 3. The second-order valence-corrected chi connectivity index (χ2v) is 5.10. The molecular weight excluding hydrogens is 224 g/mol. The highest BCUT2D eigenvalue weighted by Crippen LogP contribution is 2.22. The minimum absolute atomic E-state index is 0.612. The average molecular weight is 248 g/mol. The van der Waals surface area contributed by atoms with Crippen LogP contribution >= 0.6 is 0 Å². The molecule has 1 aromatic rings. The molecular formula is C14H24N4. The van der Waals surface area contributed by atoms with E-state index in [0.717, 1.165) is 18.9 Å². The molecule has 4 heteroatoms. The van der Waals surface area contributed by atoms with Crippen molar-refractivity contribution in [1.29, 1.82) is 0 Å². The van der Waals surface area contributed by atoms with Crippen LogP contribution in [-0.2, 0) is 0 Å². The fourth-order valence-corrected chi connectivity index (χ4v) is 2.58. The van der Waals surface area contributed by atoms with Crippen LogP contribution < -0.4 is 10.2 Å². The molecule has 1 fully saturated rings. The molecule has 1 aliphatic heterocycles. The van der Waals surface area contributed by atoms with Crippen LogP contribution in [-0.4, -0.2) is 49.7 Å². The van der Waals surface area contributed by atoms with Gasteiger partial charge in [-0.05, 0) is 39.4 Å². The Morgan fingerprint density at radius 3 is 3.11 bits per heavy atom. The Bertz CT molecular complexity index is 380. The lowest BCUT2D eigenvalue weighted by molar-refractivity contribution is 0.248. The fraction of sp³-hybridized carbons (Fsp3) is 0.643. The lowest BCUT2D eigenvalue weighted by atomic mass is 10.0. The molecule has 4 nitrogen and oxygen atoms in total. The second-order valence-electron chi connectivity index (χ2n) is 5.10. The van der Waals surface area contributed by atoms with Gasteiger partial charge in [-0.3, -0.25) is 0 Å². The molecule has 0 bridgehead atoms. The van der Waals surface area contributed by atoms with Crippen molar-refractivity contribution in [3.05, 3.63) is 18.3 Å². The maximum atomic E-state index is 4.32. The Hall–Kier alpha value is -1.29. The monoisotopic (exact) mass is 248 g/mol. The molecule has 18 heavy (non-hydrogen) atoms. The first kappa shape index (κ1) is 13.1. The normalized spacial score (nSPS) is 20.7. The zero-order valence-corrected chi connectivity index (χ0v) is 11.7. The van der Waals surface area contributed by atoms with Gasteiger partial charge in [-0.15, -0.1) is 0 Å². The molecule has 1 aromatic heterocycles. The number of piperidine rings is 1. The summed E-state index contributed by atoms with van der Waals surface area (Å²) in [6, 6.07) is 4.84. The maximum absolute atomic E-state index is 4.32. The predicted molar refractivity (Wildman–Crippen MR) is 77.3 cm³/mol. The molecule has 0 radical (unpaired) electrons. The fourth-order valence-electron chi connectivity index (χ4n) is 2.58. The van der Waals surface area contributed by atoms with Crippen molar-refractivity contribution in [2.24, 2.45) is 0 Å². The first-order valence-corrected chi connectivity index (χ1v) is 6.82. The van der Waals surface area contributed by atoms with Crippen LogP contribution in [0.1, 0.15) is 19.8 Å². The van der Waals surface area contributed by atoms with Crippen LogP contribution in [0.3, 0.4) is 0 Å². The van der Waals surface area contributed by atoms with E-state index in [2.05, 4.69) is 53.3 Å². The number of nitrogens with one attached hydrogen (secondary N) is 1. The molecule has 1 N–H and O–H groups in total. The van der Waals surface area contributed by atoms with Gasteiger partial charge in [0.05, 0.1) is 0 Å². The maximum Gasteiger partial charge on any atom is 0.127 e. The molecule has 0 aromatic carbocycles. The van der Waals surface area contributed by atoms with Crippen LogP contribution in [0.5, 0.6) is 0 Å². The van der Waals surface area contributed by atoms with E-state index in [1.807, 2.05) is 6.20 Å². The highest BCUT2D eigenvalue weighted by Gasteiger charge is 2.21. The van der Waals surface area contributed by atoms with Crippen molar-refractivity contribution in [2.45, 2.75) is 25.8 Å². The molecule has 1 atom stereocenters. The van der Waals surface area contributed by atoms with Crippen LogP contribution in [0.2, 0.25) is 0 Å². The molecule has 1 unspecified atom stereocenters. The lowest BCUT2D eigenvalue weighted by Crippen LogP contribution is -2.45. The van der Waals surface area contributed by atoms with E-state index < -0.39 is 0 Å². The predicted octanol–water partition coefficient (Wildman–Crippen LogP) is 2.04. The number of likely N-dealkylation sites (tertiary alicyclic amines) is 1. The van der Waals surface area contributed by atoms with Gasteiger partial charge in [0.2, 0.25) is 0 Å². The Balaban J connectivity index is 2.07. The summed E-state index contributed by atoms with van der Waals surface area (Å²) in [7, 11) is 4.39. The number of likely N-dealkylation sites (N-methyl/N-ethyl adjacent to an activating group) is 2. The SMILES string of the molecule is CCNc1cc(N(C)C2CCCN(C)C2)ccn1. The first-order chi connectivity index (χ1) is 8.70. The quantitative estimate of drug-likeness (QED) is 0.883. The van der Waals surface area contributed by atoms with Gasteiger partial charge >= 0.3 is 0 Å². The summed E-state index contributed by atoms with van der Waals surface area (Å²) in [6.45, 7) is 5.37. The Labute approximate surface area is 110 Å². The van der Waals surface area contributed by atoms with Crippen LogP contribution in [0.25, 0.3) is 0 Å². The van der Waals surface area contributed by atoms with Gasteiger partial charge in [-0.2, -0.15) is 0 Å². The number of hydrogen-bond acceptors (Lipinski definition) is 4. The smallest absolute Gasteiger partial charge is 0.127 e. The number of pyridine rings is 1. The van der Waals surface area contributed by atoms with E-state index in [9.17, 15) is 0 Å². The van der Waals surface area contributed by atoms with Crippen LogP contribution in [0.4, 0.5) is 11.5 Å². The molecule has 0 saturated carbocycles. The highest BCUT2D eigenvalue weighted by molar-refractivity contribution is 5.54. The van der Waals surface area contributed by atoms with Crippen LogP contribution in [0.15, 0.2) is 18.3 Å². The molecule has 0 spiro atoms. The second kappa shape index (κ2) is 6.05. The van der Waals surface area contributed by atoms with Crippen molar-refractivity contribution >= 4 is 11.5 Å². The average Bonchev–Trinajstić information content (AvgIpc) is 2.39. The standard InChI is InChI=1S/C14H24N4/c1-4-15-14-10-12(7-8-16-14)18(3)13-6-5-9-17(2)11-13/h7-8,10,13H,4-6,9,11H2,1-3H3,(H,15,16). The highest BCUT2D eigenvalue weighted by atomic mass is 15.2. The van der Waals surface area contributed by atoms with Crippen molar-refractivity contribution < 1.29 is 0 Å². The van der Waals surface area contributed by atoms with Crippen molar-refractivity contribution in [3.8, 4) is 0 Å². The summed E-state index contributed by atoms with van der Waals surface area (Å²) in [5.74, 6) is 0.964. The van der Waals surface area contributed by atoms with Gasteiger partial charge in [0, 0.05) is 44.1 Å². The largest absolute Gasteiger partial charge is 0.370 e. The molecule has 2 rings (SSSR count). The summed E-state index contributed by atoms with van der Waals surface area (Å²) in [6.07, 6.45) is 4.45. The van der Waals surface area contributed by atoms with Crippen molar-refractivity contribution in [2.75, 3.05) is 43.9 Å². The Morgan fingerprint density at radius 1 is 1.56 bits per heavy atom. The number of aromatic nitrogens is 1. The lowest BCUT2D eigenvalue weighted by Gasteiger charge is -2.37. The van der Waals surface area contributed by atoms with E-state index in [1.54, 1.807) is 0 Å². The van der Waals surface area contributed by atoms with Crippen LogP contribution in [0, 0.1) is 0 Å². The van der Waals surface area contributed by atoms with Crippen molar-refractivity contribution in [1.82, 2.24) is 9.88 Å². The Morgan fingerprint density at radius 2 is 2.39 bits per heavy atom. The third-order valence-corrected chi connectivity index (χ3v) is 3.66. The van der Waals surface area contributed by atoms with E-state index in [1.165, 1.54) is 25.1 Å². The Kier molecular flexibility index (Phi) is 4.42. The first-order valence-electron chi connectivity index (χ1n) is 6.82. The molecule has 100 valence electrons. The third kappa shape index (κ3) is 3.13. The molecule has 0 amide bonds. The van der Waals surface area contributed by atoms with Gasteiger partial charge in [0.25, 0.3) is 0 Å². The minimum atomic E-state index is 0.612. The summed E-state index contributed by atoms with van der Waals surface area (Å²) in [5, 5.41) is 3.27. The summed E-state index contributed by atoms with van der Waals surface area (Å²) >= 11 is 0. The minimum Gasteiger partial charge on any atom is -0.370 e. The van der Waals surface area contributed by atoms with Gasteiger partial charge in [0.15, 0.2) is 0 Å². The topological polar surface area (TPSA) is 31.4 Å². The zero-order valence-electron chi connectivity index (χ0n) is 11.7. The summed E-state index contributed by atoms with van der Waals surface area (Å²) in [4.78, 5) is 9.12. The third-order valence-electron chi connectivity index (χ3n) is 3.66.